The average Bonchev–Trinajstić information content (AvgIpc) is 2.55. The minimum atomic E-state index is 0.382. The summed E-state index contributed by atoms with van der Waals surface area (Å²) in [5.41, 5.74) is 7.99. The van der Waals surface area contributed by atoms with E-state index in [4.69, 9.17) is 5.73 Å². The van der Waals surface area contributed by atoms with E-state index in [-0.39, 0.29) is 0 Å². The van der Waals surface area contributed by atoms with Gasteiger partial charge in [-0.1, -0.05) is 12.1 Å². The Hall–Kier alpha value is -2.14. The van der Waals surface area contributed by atoms with Crippen LogP contribution in [0, 0.1) is 0 Å². The summed E-state index contributed by atoms with van der Waals surface area (Å²) >= 11 is 0. The molecule has 0 aliphatic carbocycles. The molecule has 0 radical (unpaired) electrons. The van der Waals surface area contributed by atoms with Crippen molar-refractivity contribution < 1.29 is 0 Å². The molecule has 1 aromatic carbocycles. The van der Waals surface area contributed by atoms with Crippen molar-refractivity contribution in [3.8, 4) is 0 Å². The van der Waals surface area contributed by atoms with Gasteiger partial charge < -0.3 is 10.6 Å². The van der Waals surface area contributed by atoms with E-state index in [2.05, 4.69) is 38.8 Å². The van der Waals surface area contributed by atoms with Crippen LogP contribution < -0.4 is 10.6 Å². The number of rotatable bonds is 3. The Morgan fingerprint density at radius 1 is 1.05 bits per heavy atom. The summed E-state index contributed by atoms with van der Waals surface area (Å²) in [6.45, 7) is 6.17. The van der Waals surface area contributed by atoms with Crippen molar-refractivity contribution in [3.05, 3.63) is 48.3 Å². The molecule has 21 heavy (non-hydrogen) atoms. The SMILES string of the molecule is CC(c1cccc(N)c1)N1CCN(c2ncccn2)CC1. The number of benzene rings is 1. The maximum absolute atomic E-state index is 5.88. The zero-order valence-electron chi connectivity index (χ0n) is 12.3. The molecule has 1 atom stereocenters. The molecule has 1 aromatic heterocycles. The molecule has 0 saturated carbocycles. The van der Waals surface area contributed by atoms with Gasteiger partial charge in [0.2, 0.25) is 5.95 Å². The predicted octanol–water partition coefficient (Wildman–Crippen LogP) is 1.94. The monoisotopic (exact) mass is 283 g/mol. The summed E-state index contributed by atoms with van der Waals surface area (Å²) in [5.74, 6) is 0.828. The Labute approximate surface area is 125 Å². The van der Waals surface area contributed by atoms with E-state index < -0.39 is 0 Å². The summed E-state index contributed by atoms with van der Waals surface area (Å²) in [6, 6.07) is 10.4. The Balaban J connectivity index is 1.63. The van der Waals surface area contributed by atoms with Gasteiger partial charge in [-0.15, -0.1) is 0 Å². The Bertz CT molecular complexity index is 578. The van der Waals surface area contributed by atoms with Gasteiger partial charge in [-0.25, -0.2) is 9.97 Å². The zero-order valence-corrected chi connectivity index (χ0v) is 12.3. The second-order valence-corrected chi connectivity index (χ2v) is 5.42. The number of anilines is 2. The van der Waals surface area contributed by atoms with Crippen molar-refractivity contribution in [1.82, 2.24) is 14.9 Å². The highest BCUT2D eigenvalue weighted by molar-refractivity contribution is 5.41. The number of nitrogen functional groups attached to an aromatic ring is 1. The van der Waals surface area contributed by atoms with Gasteiger partial charge in [0.15, 0.2) is 0 Å². The molecule has 1 aliphatic heterocycles. The van der Waals surface area contributed by atoms with Crippen molar-refractivity contribution >= 4 is 11.6 Å². The normalized spacial score (nSPS) is 17.7. The van der Waals surface area contributed by atoms with Gasteiger partial charge in [-0.05, 0) is 30.7 Å². The van der Waals surface area contributed by atoms with Crippen LogP contribution in [0.3, 0.4) is 0 Å². The smallest absolute Gasteiger partial charge is 0.225 e. The van der Waals surface area contributed by atoms with Gasteiger partial charge in [0.1, 0.15) is 0 Å². The van der Waals surface area contributed by atoms with Crippen molar-refractivity contribution in [1.29, 1.82) is 0 Å². The molecule has 0 spiro atoms. The maximum Gasteiger partial charge on any atom is 0.225 e. The quantitative estimate of drug-likeness (QED) is 0.872. The lowest BCUT2D eigenvalue weighted by molar-refractivity contribution is 0.198. The molecule has 1 saturated heterocycles. The van der Waals surface area contributed by atoms with Crippen LogP contribution in [-0.4, -0.2) is 41.0 Å². The van der Waals surface area contributed by atoms with E-state index in [9.17, 15) is 0 Å². The second-order valence-electron chi connectivity index (χ2n) is 5.42. The molecule has 1 unspecified atom stereocenters. The number of nitrogens with zero attached hydrogens (tertiary/aromatic N) is 4. The predicted molar refractivity (Wildman–Crippen MR) is 85.1 cm³/mol. The third kappa shape index (κ3) is 3.13. The summed E-state index contributed by atoms with van der Waals surface area (Å²) in [7, 11) is 0. The third-order valence-electron chi connectivity index (χ3n) is 4.09. The minimum Gasteiger partial charge on any atom is -0.399 e. The standard InChI is InChI=1S/C16H21N5/c1-13(14-4-2-5-15(17)12-14)20-8-10-21(11-9-20)16-18-6-3-7-19-16/h2-7,12-13H,8-11,17H2,1H3. The van der Waals surface area contributed by atoms with Crippen LogP contribution in [0.15, 0.2) is 42.7 Å². The first-order valence-electron chi connectivity index (χ1n) is 7.35. The Morgan fingerprint density at radius 2 is 1.76 bits per heavy atom. The molecule has 5 heteroatoms. The Morgan fingerprint density at radius 3 is 2.43 bits per heavy atom. The fourth-order valence-electron chi connectivity index (χ4n) is 2.79. The van der Waals surface area contributed by atoms with Gasteiger partial charge in [0.05, 0.1) is 0 Å². The summed E-state index contributed by atoms with van der Waals surface area (Å²) in [6.07, 6.45) is 3.59. The molecule has 2 heterocycles. The Kier molecular flexibility index (Phi) is 4.01. The van der Waals surface area contributed by atoms with Gasteiger partial charge in [-0.3, -0.25) is 4.90 Å². The van der Waals surface area contributed by atoms with Gasteiger partial charge in [0.25, 0.3) is 0 Å². The topological polar surface area (TPSA) is 58.3 Å². The van der Waals surface area contributed by atoms with Crippen LogP contribution in [0.25, 0.3) is 0 Å². The lowest BCUT2D eigenvalue weighted by atomic mass is 10.1. The zero-order chi connectivity index (χ0) is 14.7. The van der Waals surface area contributed by atoms with E-state index in [0.29, 0.717) is 6.04 Å². The van der Waals surface area contributed by atoms with Crippen LogP contribution in [-0.2, 0) is 0 Å². The molecule has 0 amide bonds. The minimum absolute atomic E-state index is 0.382. The van der Waals surface area contributed by atoms with Crippen LogP contribution in [0.1, 0.15) is 18.5 Å². The van der Waals surface area contributed by atoms with Crippen LogP contribution >= 0.6 is 0 Å². The maximum atomic E-state index is 5.88. The first-order valence-corrected chi connectivity index (χ1v) is 7.35. The number of hydrogen-bond acceptors (Lipinski definition) is 5. The van der Waals surface area contributed by atoms with E-state index in [1.807, 2.05) is 18.2 Å². The third-order valence-corrected chi connectivity index (χ3v) is 4.09. The van der Waals surface area contributed by atoms with Crippen LogP contribution in [0.5, 0.6) is 0 Å². The van der Waals surface area contributed by atoms with Gasteiger partial charge in [0, 0.05) is 50.3 Å². The second kappa shape index (κ2) is 6.10. The molecular weight excluding hydrogens is 262 g/mol. The first kappa shape index (κ1) is 13.8. The summed E-state index contributed by atoms with van der Waals surface area (Å²) in [4.78, 5) is 13.4. The molecule has 2 N–H and O–H groups in total. The van der Waals surface area contributed by atoms with Crippen molar-refractivity contribution in [2.75, 3.05) is 36.8 Å². The fourth-order valence-corrected chi connectivity index (χ4v) is 2.79. The van der Waals surface area contributed by atoms with E-state index >= 15 is 0 Å². The van der Waals surface area contributed by atoms with Gasteiger partial charge in [-0.2, -0.15) is 0 Å². The number of aromatic nitrogens is 2. The molecular formula is C16H21N5. The largest absolute Gasteiger partial charge is 0.399 e. The molecule has 1 fully saturated rings. The van der Waals surface area contributed by atoms with Crippen molar-refractivity contribution in [3.63, 3.8) is 0 Å². The van der Waals surface area contributed by atoms with Crippen LogP contribution in [0.2, 0.25) is 0 Å². The highest BCUT2D eigenvalue weighted by Crippen LogP contribution is 2.23. The highest BCUT2D eigenvalue weighted by Gasteiger charge is 2.23. The average molecular weight is 283 g/mol. The summed E-state index contributed by atoms with van der Waals surface area (Å²) < 4.78 is 0. The van der Waals surface area contributed by atoms with Crippen molar-refractivity contribution in [2.45, 2.75) is 13.0 Å². The fraction of sp³-hybridized carbons (Fsp3) is 0.375. The summed E-state index contributed by atoms with van der Waals surface area (Å²) in [5, 5.41) is 0. The highest BCUT2D eigenvalue weighted by atomic mass is 15.3. The molecule has 5 nitrogen and oxygen atoms in total. The van der Waals surface area contributed by atoms with Gasteiger partial charge >= 0.3 is 0 Å². The van der Waals surface area contributed by atoms with Crippen molar-refractivity contribution in [2.24, 2.45) is 0 Å². The molecule has 3 rings (SSSR count). The molecule has 2 aromatic rings. The molecule has 110 valence electrons. The first-order chi connectivity index (χ1) is 10.2. The number of piperazine rings is 1. The molecule has 0 bridgehead atoms. The van der Waals surface area contributed by atoms with E-state index in [1.165, 1.54) is 5.56 Å². The number of nitrogens with two attached hydrogens (primary N) is 1. The number of hydrogen-bond donors (Lipinski definition) is 1. The van der Waals surface area contributed by atoms with E-state index in [0.717, 1.165) is 37.8 Å². The lowest BCUT2D eigenvalue weighted by Crippen LogP contribution is -2.47. The lowest BCUT2D eigenvalue weighted by Gasteiger charge is -2.38. The van der Waals surface area contributed by atoms with E-state index in [1.54, 1.807) is 12.4 Å². The van der Waals surface area contributed by atoms with Crippen LogP contribution in [0.4, 0.5) is 11.6 Å². The molecule has 1 aliphatic rings.